The van der Waals surface area contributed by atoms with Crippen LogP contribution in [0, 0.1) is 12.8 Å². The Hall–Kier alpha value is -2.30. The maximum atomic E-state index is 12.7. The van der Waals surface area contributed by atoms with Crippen molar-refractivity contribution in [3.05, 3.63) is 42.1 Å². The summed E-state index contributed by atoms with van der Waals surface area (Å²) in [5.74, 6) is 1.64. The quantitative estimate of drug-likeness (QED) is 0.862. The molecule has 3 heterocycles. The maximum absolute atomic E-state index is 12.7. The molecule has 0 aromatic carbocycles. The van der Waals surface area contributed by atoms with Crippen LogP contribution in [0.5, 0.6) is 0 Å². The Morgan fingerprint density at radius 1 is 1.16 bits per heavy atom. The number of carbonyl (C=O) groups excluding carboxylic acids is 1. The van der Waals surface area contributed by atoms with Crippen LogP contribution in [0.4, 0.5) is 0 Å². The highest BCUT2D eigenvalue weighted by Crippen LogP contribution is 2.34. The van der Waals surface area contributed by atoms with E-state index in [4.69, 9.17) is 4.98 Å². The number of likely N-dealkylation sites (tertiary alicyclic amines) is 1. The molecule has 1 saturated heterocycles. The average Bonchev–Trinajstić information content (AvgIpc) is 3.34. The molecule has 2 aliphatic rings. The highest BCUT2D eigenvalue weighted by Gasteiger charge is 2.34. The predicted molar refractivity (Wildman–Crippen MR) is 95.9 cm³/mol. The number of carbonyl (C=O) groups is 1. The van der Waals surface area contributed by atoms with Gasteiger partial charge in [0.1, 0.15) is 5.82 Å². The van der Waals surface area contributed by atoms with E-state index < -0.39 is 0 Å². The molecule has 0 radical (unpaired) electrons. The van der Waals surface area contributed by atoms with Gasteiger partial charge in [-0.05, 0) is 38.3 Å². The summed E-state index contributed by atoms with van der Waals surface area (Å²) in [5, 5.41) is 0. The standard InChI is InChI=1S/C20H24N4O/c1-14-22-12-17(18-8-4-5-10-21-18)19(23-14)16-9-11-24(13-16)20(25)15-6-2-3-7-15/h4-5,8,10,12,15-16H,2-3,6-7,9,11,13H2,1H3. The van der Waals surface area contributed by atoms with Crippen LogP contribution in [0.3, 0.4) is 0 Å². The monoisotopic (exact) mass is 336 g/mol. The van der Waals surface area contributed by atoms with Crippen molar-refractivity contribution in [2.45, 2.75) is 44.9 Å². The van der Waals surface area contributed by atoms with Gasteiger partial charge >= 0.3 is 0 Å². The van der Waals surface area contributed by atoms with Crippen LogP contribution in [-0.2, 0) is 4.79 Å². The van der Waals surface area contributed by atoms with Crippen LogP contribution in [-0.4, -0.2) is 38.8 Å². The SMILES string of the molecule is Cc1ncc(-c2ccccn2)c(C2CCN(C(=O)C3CCCC3)C2)n1. The van der Waals surface area contributed by atoms with Crippen molar-refractivity contribution in [2.24, 2.45) is 5.92 Å². The summed E-state index contributed by atoms with van der Waals surface area (Å²) in [4.78, 5) is 28.4. The van der Waals surface area contributed by atoms with Gasteiger partial charge < -0.3 is 4.90 Å². The first kappa shape index (κ1) is 16.2. The zero-order valence-electron chi connectivity index (χ0n) is 14.7. The molecular formula is C20H24N4O. The molecule has 5 nitrogen and oxygen atoms in total. The second-order valence-electron chi connectivity index (χ2n) is 7.18. The molecule has 1 saturated carbocycles. The summed E-state index contributed by atoms with van der Waals surface area (Å²) in [6.07, 6.45) is 9.16. The van der Waals surface area contributed by atoms with Crippen LogP contribution in [0.15, 0.2) is 30.6 Å². The van der Waals surface area contributed by atoms with Gasteiger partial charge in [0.2, 0.25) is 5.91 Å². The Labute approximate surface area is 148 Å². The number of aromatic nitrogens is 3. The van der Waals surface area contributed by atoms with Gasteiger partial charge in [0.05, 0.1) is 11.4 Å². The topological polar surface area (TPSA) is 59.0 Å². The molecule has 1 atom stereocenters. The predicted octanol–water partition coefficient (Wildman–Crippen LogP) is 3.35. The van der Waals surface area contributed by atoms with E-state index in [1.165, 1.54) is 12.8 Å². The summed E-state index contributed by atoms with van der Waals surface area (Å²) in [6, 6.07) is 5.89. The summed E-state index contributed by atoms with van der Waals surface area (Å²) < 4.78 is 0. The highest BCUT2D eigenvalue weighted by molar-refractivity contribution is 5.79. The van der Waals surface area contributed by atoms with E-state index in [0.717, 1.165) is 55.1 Å². The minimum atomic E-state index is 0.251. The third-order valence-electron chi connectivity index (χ3n) is 5.47. The van der Waals surface area contributed by atoms with Gasteiger partial charge in [-0.15, -0.1) is 0 Å². The number of aryl methyl sites for hydroxylation is 1. The Balaban J connectivity index is 1.58. The van der Waals surface area contributed by atoms with E-state index in [-0.39, 0.29) is 11.8 Å². The molecular weight excluding hydrogens is 312 g/mol. The molecule has 0 bridgehead atoms. The summed E-state index contributed by atoms with van der Waals surface area (Å²) >= 11 is 0. The number of hydrogen-bond donors (Lipinski definition) is 0. The fourth-order valence-corrected chi connectivity index (χ4v) is 4.13. The summed E-state index contributed by atoms with van der Waals surface area (Å²) in [6.45, 7) is 3.53. The lowest BCUT2D eigenvalue weighted by atomic mass is 9.98. The van der Waals surface area contributed by atoms with Crippen molar-refractivity contribution in [1.82, 2.24) is 19.9 Å². The van der Waals surface area contributed by atoms with Crippen LogP contribution < -0.4 is 0 Å². The van der Waals surface area contributed by atoms with Crippen molar-refractivity contribution < 1.29 is 4.79 Å². The Morgan fingerprint density at radius 2 is 2.00 bits per heavy atom. The molecule has 1 unspecified atom stereocenters. The van der Waals surface area contributed by atoms with Crippen molar-refractivity contribution in [3.63, 3.8) is 0 Å². The maximum Gasteiger partial charge on any atom is 0.225 e. The molecule has 0 N–H and O–H groups in total. The van der Waals surface area contributed by atoms with Gasteiger partial charge in [0.25, 0.3) is 0 Å². The Kier molecular flexibility index (Phi) is 4.47. The molecule has 1 amide bonds. The summed E-state index contributed by atoms with van der Waals surface area (Å²) in [5.41, 5.74) is 2.93. The lowest BCUT2D eigenvalue weighted by molar-refractivity contribution is -0.134. The van der Waals surface area contributed by atoms with Crippen molar-refractivity contribution in [2.75, 3.05) is 13.1 Å². The highest BCUT2D eigenvalue weighted by atomic mass is 16.2. The first-order chi connectivity index (χ1) is 12.2. The number of hydrogen-bond acceptors (Lipinski definition) is 4. The number of pyridine rings is 1. The van der Waals surface area contributed by atoms with E-state index in [2.05, 4.69) is 14.9 Å². The zero-order chi connectivity index (χ0) is 17.2. The van der Waals surface area contributed by atoms with Gasteiger partial charge in [-0.2, -0.15) is 0 Å². The molecule has 2 aromatic heterocycles. The van der Waals surface area contributed by atoms with Crippen LogP contribution in [0.25, 0.3) is 11.3 Å². The van der Waals surface area contributed by atoms with E-state index in [9.17, 15) is 4.79 Å². The van der Waals surface area contributed by atoms with E-state index in [1.54, 1.807) is 6.20 Å². The van der Waals surface area contributed by atoms with Crippen LogP contribution in [0.1, 0.15) is 49.5 Å². The zero-order valence-corrected chi connectivity index (χ0v) is 14.7. The lowest BCUT2D eigenvalue weighted by Crippen LogP contribution is -2.33. The minimum absolute atomic E-state index is 0.251. The van der Waals surface area contributed by atoms with Crippen molar-refractivity contribution in [1.29, 1.82) is 0 Å². The van der Waals surface area contributed by atoms with E-state index in [0.29, 0.717) is 5.91 Å². The fraction of sp³-hybridized carbons (Fsp3) is 0.500. The van der Waals surface area contributed by atoms with Gasteiger partial charge in [-0.3, -0.25) is 9.78 Å². The van der Waals surface area contributed by atoms with Gasteiger partial charge in [-0.25, -0.2) is 9.97 Å². The van der Waals surface area contributed by atoms with Gasteiger partial charge in [0.15, 0.2) is 0 Å². The summed E-state index contributed by atoms with van der Waals surface area (Å²) in [7, 11) is 0. The second kappa shape index (κ2) is 6.90. The molecule has 1 aliphatic carbocycles. The minimum Gasteiger partial charge on any atom is -0.342 e. The third kappa shape index (κ3) is 3.28. The Bertz CT molecular complexity index is 756. The van der Waals surface area contributed by atoms with E-state index >= 15 is 0 Å². The van der Waals surface area contributed by atoms with Crippen molar-refractivity contribution in [3.8, 4) is 11.3 Å². The Morgan fingerprint density at radius 3 is 2.76 bits per heavy atom. The number of nitrogens with zero attached hydrogens (tertiary/aromatic N) is 4. The molecule has 25 heavy (non-hydrogen) atoms. The normalized spacial score (nSPS) is 21.0. The molecule has 2 fully saturated rings. The second-order valence-corrected chi connectivity index (χ2v) is 7.18. The fourth-order valence-electron chi connectivity index (χ4n) is 4.13. The smallest absolute Gasteiger partial charge is 0.225 e. The number of rotatable bonds is 3. The van der Waals surface area contributed by atoms with Crippen LogP contribution >= 0.6 is 0 Å². The molecule has 5 heteroatoms. The molecule has 2 aromatic rings. The van der Waals surface area contributed by atoms with Gasteiger partial charge in [-0.1, -0.05) is 18.9 Å². The molecule has 4 rings (SSSR count). The molecule has 1 aliphatic heterocycles. The first-order valence-corrected chi connectivity index (χ1v) is 9.26. The van der Waals surface area contributed by atoms with Crippen LogP contribution in [0.2, 0.25) is 0 Å². The van der Waals surface area contributed by atoms with Gasteiger partial charge in [0, 0.05) is 42.9 Å². The third-order valence-corrected chi connectivity index (χ3v) is 5.47. The lowest BCUT2D eigenvalue weighted by Gasteiger charge is -2.21. The largest absolute Gasteiger partial charge is 0.342 e. The van der Waals surface area contributed by atoms with E-state index in [1.807, 2.05) is 31.3 Å². The average molecular weight is 336 g/mol. The first-order valence-electron chi connectivity index (χ1n) is 9.26. The molecule has 130 valence electrons. The van der Waals surface area contributed by atoms with Crippen molar-refractivity contribution >= 4 is 5.91 Å². The number of amides is 1. The molecule has 0 spiro atoms.